The number of aliphatic carboxylic acids is 5. The number of nitrogens with two attached hydrogens (primary N) is 8. The molecule has 27 N–H and O–H groups in total. The summed E-state index contributed by atoms with van der Waals surface area (Å²) in [7, 11) is 0. The summed E-state index contributed by atoms with van der Waals surface area (Å²) < 4.78 is 0. The molecule has 4 atom stereocenters. The number of rotatable bonds is 19. The minimum absolute atomic E-state index is 0.112. The van der Waals surface area contributed by atoms with Gasteiger partial charge in [-0.3, -0.25) is 40.2 Å². The fourth-order valence-corrected chi connectivity index (χ4v) is 2.96. The lowest BCUT2D eigenvalue weighted by molar-refractivity contribution is -0.139. The van der Waals surface area contributed by atoms with E-state index in [1.165, 1.54) is 0 Å². The maximum absolute atomic E-state index is 10.4. The smallest absolute Gasteiger partial charge is 0.320 e. The van der Waals surface area contributed by atoms with Crippen molar-refractivity contribution >= 4 is 47.7 Å². The first-order valence-electron chi connectivity index (χ1n) is 15.7. The Balaban J connectivity index is -0.000000289. The summed E-state index contributed by atoms with van der Waals surface area (Å²) in [5.41, 5.74) is 41.5. The second-order valence-corrected chi connectivity index (χ2v) is 10.5. The molecule has 0 radical (unpaired) electrons. The number of carboxylic acid groups (broad SMARTS) is 5. The van der Waals surface area contributed by atoms with Crippen LogP contribution < -0.4 is 61.8 Å². The van der Waals surface area contributed by atoms with Crippen LogP contribution >= 0.6 is 0 Å². The van der Waals surface area contributed by atoms with E-state index in [-0.39, 0.29) is 24.4 Å². The molecule has 0 fully saturated rings. The number of guanidine groups is 3. The van der Waals surface area contributed by atoms with E-state index in [1.807, 2.05) is 30.3 Å². The van der Waals surface area contributed by atoms with Crippen molar-refractivity contribution < 1.29 is 49.5 Å². The maximum atomic E-state index is 10.4. The van der Waals surface area contributed by atoms with E-state index in [0.717, 1.165) is 5.56 Å². The number of nitrogens with one attached hydrogen (secondary N) is 6. The van der Waals surface area contributed by atoms with Crippen molar-refractivity contribution in [1.29, 1.82) is 16.2 Å². The van der Waals surface area contributed by atoms with Gasteiger partial charge in [0.25, 0.3) is 0 Å². The second-order valence-electron chi connectivity index (χ2n) is 10.5. The Kier molecular flexibility index (Phi) is 35.3. The number of carbonyl (C=O) groups is 5. The molecule has 304 valence electrons. The Bertz CT molecular complexity index is 1140. The number of hydrogen-bond donors (Lipinski definition) is 19. The lowest BCUT2D eigenvalue weighted by atomic mass is 10.1. The Labute approximate surface area is 306 Å². The van der Waals surface area contributed by atoms with Crippen molar-refractivity contribution in [2.75, 3.05) is 26.2 Å². The van der Waals surface area contributed by atoms with Gasteiger partial charge in [0, 0.05) is 19.6 Å². The molecular formula is C29H58N14O10. The summed E-state index contributed by atoms with van der Waals surface area (Å²) in [6.45, 7) is 1.17. The first-order valence-corrected chi connectivity index (χ1v) is 15.7. The average Bonchev–Trinajstić information content (AvgIpc) is 3.07. The second kappa shape index (κ2) is 34.6. The van der Waals surface area contributed by atoms with Crippen LogP contribution in [-0.2, 0) is 30.4 Å². The molecule has 0 saturated heterocycles. The fraction of sp³-hybridized carbons (Fsp3) is 0.517. The van der Waals surface area contributed by atoms with E-state index in [9.17, 15) is 24.0 Å². The highest BCUT2D eigenvalue weighted by molar-refractivity contribution is 5.76. The van der Waals surface area contributed by atoms with Gasteiger partial charge in [0.1, 0.15) is 24.2 Å². The van der Waals surface area contributed by atoms with Crippen molar-refractivity contribution in [3.63, 3.8) is 0 Å². The van der Waals surface area contributed by atoms with Crippen LogP contribution in [0.4, 0.5) is 0 Å². The SMILES string of the molecule is N=C(N)NCCC[C@H](N)C(=O)O.N=C(N)NCCC[C@H](N)C(=O)O.N=C(N)NCCC[C@H](N)C(=O)O.NCC(=O)O.N[C@@H](Cc1ccccc1)C(=O)O. The van der Waals surface area contributed by atoms with Crippen LogP contribution in [0.1, 0.15) is 44.1 Å². The van der Waals surface area contributed by atoms with E-state index in [4.69, 9.17) is 81.9 Å². The molecule has 1 rings (SSSR count). The topological polar surface area (TPSA) is 502 Å². The zero-order chi connectivity index (χ0) is 41.9. The molecule has 0 bridgehead atoms. The third-order valence-corrected chi connectivity index (χ3v) is 5.76. The lowest BCUT2D eigenvalue weighted by Crippen LogP contribution is -2.34. The minimum Gasteiger partial charge on any atom is -0.480 e. The Morgan fingerprint density at radius 2 is 0.811 bits per heavy atom. The van der Waals surface area contributed by atoms with Gasteiger partial charge in [0.2, 0.25) is 0 Å². The van der Waals surface area contributed by atoms with Crippen molar-refractivity contribution in [1.82, 2.24) is 16.0 Å². The van der Waals surface area contributed by atoms with Crippen LogP contribution in [0.5, 0.6) is 0 Å². The summed E-state index contributed by atoms with van der Waals surface area (Å²) >= 11 is 0. The van der Waals surface area contributed by atoms with Gasteiger partial charge in [0.15, 0.2) is 17.9 Å². The van der Waals surface area contributed by atoms with Crippen molar-refractivity contribution in [3.05, 3.63) is 35.9 Å². The predicted octanol–water partition coefficient (Wildman–Crippen LogP) is -4.34. The molecule has 0 saturated carbocycles. The Morgan fingerprint density at radius 1 is 0.547 bits per heavy atom. The fourth-order valence-electron chi connectivity index (χ4n) is 2.96. The normalized spacial score (nSPS) is 11.7. The molecule has 1 aromatic carbocycles. The first kappa shape index (κ1) is 54.0. The summed E-state index contributed by atoms with van der Waals surface area (Å²) in [6, 6.07) is 6.08. The molecule has 0 aromatic heterocycles. The first-order chi connectivity index (χ1) is 24.6. The van der Waals surface area contributed by atoms with Crippen molar-refractivity contribution in [2.24, 2.45) is 45.9 Å². The lowest BCUT2D eigenvalue weighted by Gasteiger charge is -2.06. The van der Waals surface area contributed by atoms with E-state index in [0.29, 0.717) is 64.6 Å². The highest BCUT2D eigenvalue weighted by Gasteiger charge is 2.12. The van der Waals surface area contributed by atoms with Crippen LogP contribution in [0, 0.1) is 16.2 Å². The van der Waals surface area contributed by atoms with Crippen LogP contribution in [-0.4, -0.2) is 124 Å². The summed E-state index contributed by atoms with van der Waals surface area (Å²) in [5.74, 6) is -5.27. The van der Waals surface area contributed by atoms with Gasteiger partial charge >= 0.3 is 29.8 Å². The molecule has 0 spiro atoms. The zero-order valence-corrected chi connectivity index (χ0v) is 29.4. The van der Waals surface area contributed by atoms with Crippen LogP contribution in [0.15, 0.2) is 30.3 Å². The molecule has 53 heavy (non-hydrogen) atoms. The third kappa shape index (κ3) is 44.2. The van der Waals surface area contributed by atoms with Crippen LogP contribution in [0.25, 0.3) is 0 Å². The average molecular weight is 763 g/mol. The maximum Gasteiger partial charge on any atom is 0.320 e. The molecule has 24 nitrogen and oxygen atoms in total. The molecule has 0 amide bonds. The van der Waals surface area contributed by atoms with E-state index in [2.05, 4.69) is 21.7 Å². The third-order valence-electron chi connectivity index (χ3n) is 5.76. The predicted molar refractivity (Wildman–Crippen MR) is 197 cm³/mol. The molecule has 0 unspecified atom stereocenters. The zero-order valence-electron chi connectivity index (χ0n) is 29.4. The van der Waals surface area contributed by atoms with Gasteiger partial charge in [-0.05, 0) is 50.5 Å². The highest BCUT2D eigenvalue weighted by Crippen LogP contribution is 2.01. The van der Waals surface area contributed by atoms with Gasteiger partial charge in [-0.15, -0.1) is 0 Å². The van der Waals surface area contributed by atoms with E-state index >= 15 is 0 Å². The van der Waals surface area contributed by atoms with Gasteiger partial charge in [-0.25, -0.2) is 0 Å². The molecule has 1 aromatic rings. The van der Waals surface area contributed by atoms with Gasteiger partial charge in [0.05, 0.1) is 6.54 Å². The molecule has 0 aliphatic carbocycles. The van der Waals surface area contributed by atoms with Crippen molar-refractivity contribution in [2.45, 2.75) is 69.1 Å². The molecule has 0 heterocycles. The standard InChI is InChI=1S/C9H11NO2.3C6H14N4O2.C2H5NO2/c10-8(9(11)12)6-7-4-2-1-3-5-7;3*7-4(5(11)12)2-1-3-10-6(8)9;3-1-2(4)5/h1-5,8H,6,10H2,(H,11,12);3*4H,1-3,7H2,(H,11,12)(H4,8,9,10);1,3H2,(H,4,5)/t8-;3*4-;/m0000./s1. The van der Waals surface area contributed by atoms with Gasteiger partial charge in [-0.1, -0.05) is 30.3 Å². The van der Waals surface area contributed by atoms with Gasteiger partial charge in [-0.2, -0.15) is 0 Å². The van der Waals surface area contributed by atoms with Crippen molar-refractivity contribution in [3.8, 4) is 0 Å². The summed E-state index contributed by atoms with van der Waals surface area (Å²) in [4.78, 5) is 50.3. The summed E-state index contributed by atoms with van der Waals surface area (Å²) in [6.07, 6.45) is 3.31. The number of hydrogen-bond acceptors (Lipinski definition) is 13. The largest absolute Gasteiger partial charge is 0.480 e. The summed E-state index contributed by atoms with van der Waals surface area (Å²) in [5, 5.41) is 69.3. The number of benzene rings is 1. The highest BCUT2D eigenvalue weighted by atomic mass is 16.4. The van der Waals surface area contributed by atoms with Crippen LogP contribution in [0.2, 0.25) is 0 Å². The Morgan fingerprint density at radius 3 is 1.02 bits per heavy atom. The van der Waals surface area contributed by atoms with Crippen LogP contribution in [0.3, 0.4) is 0 Å². The van der Waals surface area contributed by atoms with E-state index < -0.39 is 54.0 Å². The number of carboxylic acids is 5. The quantitative estimate of drug-likeness (QED) is 0.0360. The van der Waals surface area contributed by atoms with Gasteiger partial charge < -0.3 is 87.4 Å². The van der Waals surface area contributed by atoms with E-state index in [1.54, 1.807) is 0 Å². The minimum atomic E-state index is -1.00. The molecule has 0 aliphatic rings. The monoisotopic (exact) mass is 762 g/mol. The molecule has 0 aliphatic heterocycles. The Hall–Kier alpha value is -5.82. The molecule has 24 heteroatoms. The molecular weight excluding hydrogens is 704 g/mol.